The number of likely N-dealkylation sites (tertiary alicyclic amines) is 1. The summed E-state index contributed by atoms with van der Waals surface area (Å²) in [4.78, 5) is 34.0. The Kier molecular flexibility index (Phi) is 6.65. The number of anilines is 2. The number of nitrogens with one attached hydrogen (secondary N) is 1. The molecule has 0 bridgehead atoms. The summed E-state index contributed by atoms with van der Waals surface area (Å²) in [6.45, 7) is 4.73. The van der Waals surface area contributed by atoms with Gasteiger partial charge in [-0.15, -0.1) is 0 Å². The van der Waals surface area contributed by atoms with Gasteiger partial charge in [-0.3, -0.25) is 10.1 Å². The Labute approximate surface area is 184 Å². The van der Waals surface area contributed by atoms with Crippen molar-refractivity contribution in [2.75, 3.05) is 36.5 Å². The maximum atomic E-state index is 13.5. The third kappa shape index (κ3) is 4.79. The number of hydrogen-bond acceptors (Lipinski definition) is 6. The van der Waals surface area contributed by atoms with E-state index in [9.17, 15) is 14.7 Å². The van der Waals surface area contributed by atoms with Crippen molar-refractivity contribution < 1.29 is 19.4 Å². The number of aromatic nitrogens is 1. The Morgan fingerprint density at radius 2 is 2.06 bits per heavy atom. The summed E-state index contributed by atoms with van der Waals surface area (Å²) in [6.07, 6.45) is 7.93. The number of nitrogens with zero attached hydrogens (tertiary/aromatic N) is 3. The van der Waals surface area contributed by atoms with Crippen molar-refractivity contribution in [3.8, 4) is 0 Å². The SMILES string of the molecule is CCCOC(=O)Nc1ccc(N2CCC[C@@]3(CCN([C@H]4CC[C@H](O)CC4)C3=O)C2)nc1. The fourth-order valence-corrected chi connectivity index (χ4v) is 5.27. The molecule has 0 radical (unpaired) electrons. The monoisotopic (exact) mass is 430 g/mol. The van der Waals surface area contributed by atoms with E-state index in [1.54, 1.807) is 6.20 Å². The van der Waals surface area contributed by atoms with Crippen LogP contribution in [0.4, 0.5) is 16.3 Å². The quantitative estimate of drug-likeness (QED) is 0.745. The molecule has 2 aliphatic heterocycles. The van der Waals surface area contributed by atoms with Crippen LogP contribution in [0.15, 0.2) is 18.3 Å². The number of carbonyl (C=O) groups excluding carboxylic acids is 2. The second kappa shape index (κ2) is 9.42. The lowest BCUT2D eigenvalue weighted by atomic mass is 9.78. The van der Waals surface area contributed by atoms with Gasteiger partial charge in [0.15, 0.2) is 0 Å². The highest BCUT2D eigenvalue weighted by atomic mass is 16.5. The molecule has 2 amide bonds. The van der Waals surface area contributed by atoms with E-state index in [0.29, 0.717) is 18.8 Å². The van der Waals surface area contributed by atoms with Gasteiger partial charge in [0.2, 0.25) is 5.91 Å². The van der Waals surface area contributed by atoms with Gasteiger partial charge in [-0.05, 0) is 63.5 Å². The van der Waals surface area contributed by atoms with E-state index >= 15 is 0 Å². The normalized spacial score (nSPS) is 28.8. The Hall–Kier alpha value is -2.35. The van der Waals surface area contributed by atoms with Gasteiger partial charge < -0.3 is 19.6 Å². The number of amides is 2. The molecule has 3 fully saturated rings. The third-order valence-electron chi connectivity index (χ3n) is 6.99. The minimum atomic E-state index is -0.472. The molecule has 170 valence electrons. The molecule has 1 aliphatic carbocycles. The van der Waals surface area contributed by atoms with Gasteiger partial charge in [-0.2, -0.15) is 0 Å². The van der Waals surface area contributed by atoms with Gasteiger partial charge in [-0.25, -0.2) is 9.78 Å². The van der Waals surface area contributed by atoms with Crippen LogP contribution in [0.2, 0.25) is 0 Å². The predicted octanol–water partition coefficient (Wildman–Crippen LogP) is 3.16. The minimum Gasteiger partial charge on any atom is -0.449 e. The molecule has 0 aromatic carbocycles. The van der Waals surface area contributed by atoms with Crippen molar-refractivity contribution >= 4 is 23.5 Å². The summed E-state index contributed by atoms with van der Waals surface area (Å²) in [5.74, 6) is 1.12. The van der Waals surface area contributed by atoms with Crippen LogP contribution < -0.4 is 10.2 Å². The number of piperidine rings is 1. The van der Waals surface area contributed by atoms with E-state index in [0.717, 1.165) is 70.3 Å². The van der Waals surface area contributed by atoms with Crippen LogP contribution in [0.5, 0.6) is 0 Å². The average molecular weight is 431 g/mol. The van der Waals surface area contributed by atoms with Crippen molar-refractivity contribution in [1.82, 2.24) is 9.88 Å². The molecule has 3 aliphatic rings. The van der Waals surface area contributed by atoms with Gasteiger partial charge >= 0.3 is 6.09 Å². The van der Waals surface area contributed by atoms with Gasteiger partial charge in [0.25, 0.3) is 0 Å². The Balaban J connectivity index is 1.38. The Morgan fingerprint density at radius 1 is 1.26 bits per heavy atom. The first-order valence-corrected chi connectivity index (χ1v) is 11.6. The molecule has 1 aromatic rings. The summed E-state index contributed by atoms with van der Waals surface area (Å²) in [7, 11) is 0. The second-order valence-corrected chi connectivity index (χ2v) is 9.18. The molecular formula is C23H34N4O4. The van der Waals surface area contributed by atoms with E-state index in [2.05, 4.69) is 20.1 Å². The molecule has 31 heavy (non-hydrogen) atoms. The highest BCUT2D eigenvalue weighted by Crippen LogP contribution is 2.43. The molecule has 1 saturated carbocycles. The topological polar surface area (TPSA) is 95.0 Å². The van der Waals surface area contributed by atoms with Gasteiger partial charge in [0, 0.05) is 25.7 Å². The maximum absolute atomic E-state index is 13.5. The van der Waals surface area contributed by atoms with E-state index < -0.39 is 6.09 Å². The molecule has 4 rings (SSSR count). The summed E-state index contributed by atoms with van der Waals surface area (Å²) < 4.78 is 5.04. The molecule has 1 atom stereocenters. The van der Waals surface area contributed by atoms with Crippen LogP contribution in [-0.2, 0) is 9.53 Å². The molecule has 3 heterocycles. The third-order valence-corrected chi connectivity index (χ3v) is 6.99. The van der Waals surface area contributed by atoms with E-state index in [1.165, 1.54) is 0 Å². The number of hydrogen-bond donors (Lipinski definition) is 2. The maximum Gasteiger partial charge on any atom is 0.411 e. The number of rotatable bonds is 5. The molecule has 2 N–H and O–H groups in total. The minimum absolute atomic E-state index is 0.204. The van der Waals surface area contributed by atoms with Crippen LogP contribution in [-0.4, -0.2) is 65.4 Å². The average Bonchev–Trinajstić information content (AvgIpc) is 3.09. The van der Waals surface area contributed by atoms with E-state index in [1.807, 2.05) is 19.1 Å². The molecular weight excluding hydrogens is 396 g/mol. The van der Waals surface area contributed by atoms with Crippen molar-refractivity contribution in [2.24, 2.45) is 5.41 Å². The van der Waals surface area contributed by atoms with Gasteiger partial charge in [-0.1, -0.05) is 6.92 Å². The van der Waals surface area contributed by atoms with Crippen LogP contribution in [0.25, 0.3) is 0 Å². The Morgan fingerprint density at radius 3 is 2.77 bits per heavy atom. The molecule has 1 spiro atoms. The zero-order valence-corrected chi connectivity index (χ0v) is 18.4. The van der Waals surface area contributed by atoms with Crippen molar-refractivity contribution in [3.05, 3.63) is 18.3 Å². The fourth-order valence-electron chi connectivity index (χ4n) is 5.27. The fraction of sp³-hybridized carbons (Fsp3) is 0.696. The number of aliphatic hydroxyl groups is 1. The second-order valence-electron chi connectivity index (χ2n) is 9.18. The first-order chi connectivity index (χ1) is 15.0. The van der Waals surface area contributed by atoms with Crippen molar-refractivity contribution in [3.63, 3.8) is 0 Å². The summed E-state index contributed by atoms with van der Waals surface area (Å²) >= 11 is 0. The number of carbonyl (C=O) groups is 2. The highest BCUT2D eigenvalue weighted by molar-refractivity contribution is 5.86. The Bertz CT molecular complexity index is 778. The lowest BCUT2D eigenvalue weighted by molar-refractivity contribution is -0.139. The summed E-state index contributed by atoms with van der Waals surface area (Å²) in [5.41, 5.74) is 0.274. The van der Waals surface area contributed by atoms with Crippen LogP contribution in [0.1, 0.15) is 58.3 Å². The smallest absolute Gasteiger partial charge is 0.411 e. The first kappa shape index (κ1) is 21.9. The molecule has 2 saturated heterocycles. The van der Waals surface area contributed by atoms with Gasteiger partial charge in [0.05, 0.1) is 30.0 Å². The zero-order valence-electron chi connectivity index (χ0n) is 18.4. The van der Waals surface area contributed by atoms with Crippen molar-refractivity contribution in [2.45, 2.75) is 70.4 Å². The number of aliphatic hydroxyl groups excluding tert-OH is 1. The molecule has 1 aromatic heterocycles. The zero-order chi connectivity index (χ0) is 21.8. The first-order valence-electron chi connectivity index (χ1n) is 11.6. The number of ether oxygens (including phenoxy) is 1. The predicted molar refractivity (Wildman–Crippen MR) is 118 cm³/mol. The van der Waals surface area contributed by atoms with Crippen LogP contribution in [0, 0.1) is 5.41 Å². The summed E-state index contributed by atoms with van der Waals surface area (Å²) in [5, 5.41) is 12.5. The molecule has 8 nitrogen and oxygen atoms in total. The molecule has 0 unspecified atom stereocenters. The largest absolute Gasteiger partial charge is 0.449 e. The van der Waals surface area contributed by atoms with E-state index in [-0.39, 0.29) is 23.5 Å². The lowest BCUT2D eigenvalue weighted by Gasteiger charge is -2.41. The number of pyridine rings is 1. The van der Waals surface area contributed by atoms with Crippen LogP contribution >= 0.6 is 0 Å². The van der Waals surface area contributed by atoms with E-state index in [4.69, 9.17) is 4.74 Å². The van der Waals surface area contributed by atoms with Gasteiger partial charge in [0.1, 0.15) is 5.82 Å². The van der Waals surface area contributed by atoms with Crippen LogP contribution in [0.3, 0.4) is 0 Å². The standard InChI is InChI=1S/C23H34N4O4/c1-2-14-31-22(30)25-17-4-9-20(24-15-17)26-12-3-10-23(16-26)11-13-27(21(23)29)18-5-7-19(28)8-6-18/h4,9,15,18-19,28H,2-3,5-8,10-14,16H2,1H3,(H,25,30)/t18-,19-,23-/m1/s1. The van der Waals surface area contributed by atoms with Crippen molar-refractivity contribution in [1.29, 1.82) is 0 Å². The summed E-state index contributed by atoms with van der Waals surface area (Å²) in [6, 6.07) is 4.00. The molecule has 8 heteroatoms. The highest BCUT2D eigenvalue weighted by Gasteiger charge is 2.50. The lowest BCUT2D eigenvalue weighted by Crippen LogP contribution is -2.50.